The molecule has 0 atom stereocenters. The lowest BCUT2D eigenvalue weighted by molar-refractivity contribution is 0.0693. The topological polar surface area (TPSA) is 94.8 Å². The zero-order chi connectivity index (χ0) is 15.4. The minimum Gasteiger partial charge on any atom is -0.504 e. The highest BCUT2D eigenvalue weighted by molar-refractivity contribution is 6.12. The lowest BCUT2D eigenvalue weighted by Crippen LogP contribution is -2.06. The van der Waals surface area contributed by atoms with Crippen LogP contribution in [-0.4, -0.2) is 27.1 Å². The molecular formula is C16H12O5. The van der Waals surface area contributed by atoms with E-state index in [1.807, 2.05) is 0 Å². The maximum absolute atomic E-state index is 12.0. The number of rotatable bonds is 4. The molecule has 0 amide bonds. The fourth-order valence-corrected chi connectivity index (χ4v) is 1.82. The van der Waals surface area contributed by atoms with E-state index in [0.717, 1.165) is 6.08 Å². The van der Waals surface area contributed by atoms with Crippen molar-refractivity contribution in [2.75, 3.05) is 0 Å². The van der Waals surface area contributed by atoms with Gasteiger partial charge in [0.2, 0.25) is 0 Å². The molecule has 0 aromatic heterocycles. The van der Waals surface area contributed by atoms with E-state index in [1.165, 1.54) is 42.5 Å². The Morgan fingerprint density at radius 3 is 2.24 bits per heavy atom. The number of benzene rings is 2. The van der Waals surface area contributed by atoms with Gasteiger partial charge in [-0.2, -0.15) is 0 Å². The molecule has 0 aliphatic carbocycles. The number of carboxylic acid groups (broad SMARTS) is 1. The van der Waals surface area contributed by atoms with E-state index >= 15 is 0 Å². The van der Waals surface area contributed by atoms with Gasteiger partial charge in [-0.15, -0.1) is 0 Å². The van der Waals surface area contributed by atoms with Gasteiger partial charge in [-0.3, -0.25) is 4.79 Å². The fourth-order valence-electron chi connectivity index (χ4n) is 1.82. The average Bonchev–Trinajstić information content (AvgIpc) is 2.48. The number of para-hydroxylation sites is 1. The molecule has 0 saturated carbocycles. The van der Waals surface area contributed by atoms with Crippen LogP contribution in [0.4, 0.5) is 0 Å². The third-order valence-corrected chi connectivity index (χ3v) is 2.88. The van der Waals surface area contributed by atoms with Gasteiger partial charge in [0.1, 0.15) is 0 Å². The van der Waals surface area contributed by atoms with E-state index < -0.39 is 11.8 Å². The SMILES string of the molecule is O=C(O)c1ccccc1C(=O)C=Cc1cccc(O)c1O. The summed E-state index contributed by atoms with van der Waals surface area (Å²) in [6, 6.07) is 10.2. The number of hydrogen-bond acceptors (Lipinski definition) is 4. The highest BCUT2D eigenvalue weighted by Gasteiger charge is 2.13. The second-order valence-electron chi connectivity index (χ2n) is 4.26. The Bertz CT molecular complexity index is 731. The highest BCUT2D eigenvalue weighted by Crippen LogP contribution is 2.29. The third kappa shape index (κ3) is 3.09. The van der Waals surface area contributed by atoms with Gasteiger partial charge in [0, 0.05) is 11.1 Å². The van der Waals surface area contributed by atoms with Gasteiger partial charge in [-0.05, 0) is 24.3 Å². The molecule has 0 bridgehead atoms. The Morgan fingerprint density at radius 1 is 0.905 bits per heavy atom. The molecule has 0 radical (unpaired) electrons. The second kappa shape index (κ2) is 5.92. The normalized spacial score (nSPS) is 10.7. The van der Waals surface area contributed by atoms with Gasteiger partial charge in [-0.1, -0.05) is 30.3 Å². The van der Waals surface area contributed by atoms with Crippen molar-refractivity contribution in [3.8, 4) is 11.5 Å². The molecule has 0 aliphatic rings. The van der Waals surface area contributed by atoms with Crippen LogP contribution in [0.1, 0.15) is 26.3 Å². The minimum atomic E-state index is -1.19. The quantitative estimate of drug-likeness (QED) is 0.456. The standard InChI is InChI=1S/C16H12O5/c17-13(11-5-1-2-6-12(11)16(20)21)9-8-10-4-3-7-14(18)15(10)19/h1-9,18-19H,(H,20,21). The summed E-state index contributed by atoms with van der Waals surface area (Å²) >= 11 is 0. The Morgan fingerprint density at radius 2 is 1.57 bits per heavy atom. The predicted octanol–water partition coefficient (Wildman–Crippen LogP) is 2.69. The number of aromatic hydroxyl groups is 2. The van der Waals surface area contributed by atoms with Crippen LogP contribution >= 0.6 is 0 Å². The maximum atomic E-state index is 12.0. The Labute approximate surface area is 120 Å². The van der Waals surface area contributed by atoms with Crippen LogP contribution in [0.25, 0.3) is 6.08 Å². The molecule has 106 valence electrons. The summed E-state index contributed by atoms with van der Waals surface area (Å²) in [7, 11) is 0. The summed E-state index contributed by atoms with van der Waals surface area (Å²) in [5.74, 6) is -2.33. The molecule has 21 heavy (non-hydrogen) atoms. The largest absolute Gasteiger partial charge is 0.504 e. The number of hydrogen-bond donors (Lipinski definition) is 3. The van der Waals surface area contributed by atoms with Crippen LogP contribution in [-0.2, 0) is 0 Å². The molecule has 5 heteroatoms. The lowest BCUT2D eigenvalue weighted by Gasteiger charge is -2.02. The molecule has 2 rings (SSSR count). The molecule has 0 fully saturated rings. The van der Waals surface area contributed by atoms with Crippen LogP contribution in [0, 0.1) is 0 Å². The van der Waals surface area contributed by atoms with Gasteiger partial charge in [0.15, 0.2) is 17.3 Å². The van der Waals surface area contributed by atoms with Crippen molar-refractivity contribution >= 4 is 17.8 Å². The summed E-state index contributed by atoms with van der Waals surface area (Å²) in [5, 5.41) is 28.0. The summed E-state index contributed by atoms with van der Waals surface area (Å²) in [5.41, 5.74) is 0.226. The molecular weight excluding hydrogens is 272 g/mol. The molecule has 0 heterocycles. The van der Waals surface area contributed by atoms with Crippen molar-refractivity contribution in [1.29, 1.82) is 0 Å². The van der Waals surface area contributed by atoms with E-state index in [0.29, 0.717) is 0 Å². The van der Waals surface area contributed by atoms with Gasteiger partial charge in [-0.25, -0.2) is 4.79 Å². The first-order valence-electron chi connectivity index (χ1n) is 6.06. The van der Waals surface area contributed by atoms with E-state index in [1.54, 1.807) is 6.07 Å². The van der Waals surface area contributed by atoms with E-state index in [9.17, 15) is 19.8 Å². The maximum Gasteiger partial charge on any atom is 0.336 e. The summed E-state index contributed by atoms with van der Waals surface area (Å²) < 4.78 is 0. The van der Waals surface area contributed by atoms with Crippen molar-refractivity contribution in [1.82, 2.24) is 0 Å². The second-order valence-corrected chi connectivity index (χ2v) is 4.26. The molecule has 0 spiro atoms. The molecule has 2 aromatic carbocycles. The van der Waals surface area contributed by atoms with Gasteiger partial charge in [0.05, 0.1) is 5.56 Å². The number of carboxylic acids is 1. The van der Waals surface area contributed by atoms with Gasteiger partial charge >= 0.3 is 5.97 Å². The number of ketones is 1. The first-order chi connectivity index (χ1) is 10.0. The molecule has 3 N–H and O–H groups in total. The third-order valence-electron chi connectivity index (χ3n) is 2.88. The summed E-state index contributed by atoms with van der Waals surface area (Å²) in [6.45, 7) is 0. The predicted molar refractivity (Wildman–Crippen MR) is 76.5 cm³/mol. The van der Waals surface area contributed by atoms with Crippen LogP contribution in [0.3, 0.4) is 0 Å². The number of carbonyl (C=O) groups excluding carboxylic acids is 1. The van der Waals surface area contributed by atoms with Crippen LogP contribution in [0.2, 0.25) is 0 Å². The zero-order valence-electron chi connectivity index (χ0n) is 10.9. The van der Waals surface area contributed by atoms with E-state index in [-0.39, 0.29) is 28.2 Å². The average molecular weight is 284 g/mol. The molecule has 5 nitrogen and oxygen atoms in total. The number of aromatic carboxylic acids is 1. The number of allylic oxidation sites excluding steroid dienone is 1. The highest BCUT2D eigenvalue weighted by atomic mass is 16.4. The molecule has 0 unspecified atom stereocenters. The van der Waals surface area contributed by atoms with Crippen molar-refractivity contribution in [3.05, 3.63) is 65.2 Å². The number of phenolic OH excluding ortho intramolecular Hbond substituents is 2. The smallest absolute Gasteiger partial charge is 0.336 e. The van der Waals surface area contributed by atoms with E-state index in [4.69, 9.17) is 5.11 Å². The zero-order valence-corrected chi connectivity index (χ0v) is 10.9. The van der Waals surface area contributed by atoms with Crippen LogP contribution in [0.5, 0.6) is 11.5 Å². The van der Waals surface area contributed by atoms with Crippen molar-refractivity contribution in [3.63, 3.8) is 0 Å². The van der Waals surface area contributed by atoms with Crippen molar-refractivity contribution in [2.24, 2.45) is 0 Å². The van der Waals surface area contributed by atoms with Crippen LogP contribution in [0.15, 0.2) is 48.5 Å². The molecule has 0 aliphatic heterocycles. The minimum absolute atomic E-state index is 0.0564. The van der Waals surface area contributed by atoms with Crippen molar-refractivity contribution < 1.29 is 24.9 Å². The summed E-state index contributed by atoms with van der Waals surface area (Å²) in [6.07, 6.45) is 2.46. The van der Waals surface area contributed by atoms with Gasteiger partial charge in [0.25, 0.3) is 0 Å². The number of carbonyl (C=O) groups is 2. The lowest BCUT2D eigenvalue weighted by atomic mass is 10.0. The van der Waals surface area contributed by atoms with Gasteiger partial charge < -0.3 is 15.3 Å². The van der Waals surface area contributed by atoms with Crippen molar-refractivity contribution in [2.45, 2.75) is 0 Å². The Balaban J connectivity index is 2.32. The first kappa shape index (κ1) is 14.3. The summed E-state index contributed by atoms with van der Waals surface area (Å²) in [4.78, 5) is 23.1. The Hall–Kier alpha value is -3.08. The monoisotopic (exact) mass is 284 g/mol. The van der Waals surface area contributed by atoms with Crippen LogP contribution < -0.4 is 0 Å². The Kier molecular flexibility index (Phi) is 4.04. The first-order valence-corrected chi connectivity index (χ1v) is 6.06. The molecule has 2 aromatic rings. The van der Waals surface area contributed by atoms with E-state index in [2.05, 4.69) is 0 Å². The molecule has 0 saturated heterocycles. The fraction of sp³-hybridized carbons (Fsp3) is 0. The number of phenols is 2.